The summed E-state index contributed by atoms with van der Waals surface area (Å²) in [6.45, 7) is 8.00. The van der Waals surface area contributed by atoms with E-state index in [1.165, 1.54) is 0 Å². The minimum atomic E-state index is 0.563. The molecule has 0 aromatic carbocycles. The van der Waals surface area contributed by atoms with E-state index in [0.717, 1.165) is 19.5 Å². The Bertz CT molecular complexity index is 121. The highest BCUT2D eigenvalue weighted by atomic mass is 15.1. The summed E-state index contributed by atoms with van der Waals surface area (Å²) in [7, 11) is 0. The van der Waals surface area contributed by atoms with Gasteiger partial charge in [-0.3, -0.25) is 4.99 Å². The summed E-state index contributed by atoms with van der Waals surface area (Å²) in [5.74, 6) is 1.19. The van der Waals surface area contributed by atoms with Crippen molar-refractivity contribution in [3.8, 4) is 0 Å². The summed E-state index contributed by atoms with van der Waals surface area (Å²) in [5.41, 5.74) is 5.53. The van der Waals surface area contributed by atoms with Gasteiger partial charge in [0.25, 0.3) is 0 Å². The third-order valence-electron chi connectivity index (χ3n) is 1.63. The number of nitrogens with one attached hydrogen (secondary N) is 1. The van der Waals surface area contributed by atoms with Crippen LogP contribution in [-0.4, -0.2) is 19.0 Å². The Labute approximate surface area is 69.1 Å². The van der Waals surface area contributed by atoms with E-state index in [0.29, 0.717) is 11.9 Å². The maximum Gasteiger partial charge on any atom is 0.188 e. The van der Waals surface area contributed by atoms with E-state index in [1.807, 2.05) is 6.92 Å². The molecular formula is C8H19N3. The molecule has 0 aliphatic rings. The lowest BCUT2D eigenvalue weighted by atomic mass is 10.1. The lowest BCUT2D eigenvalue weighted by Gasteiger charge is -2.05. The molecule has 3 N–H and O–H groups in total. The van der Waals surface area contributed by atoms with Gasteiger partial charge in [0.2, 0.25) is 0 Å². The van der Waals surface area contributed by atoms with E-state index in [1.54, 1.807) is 0 Å². The van der Waals surface area contributed by atoms with Gasteiger partial charge in [-0.1, -0.05) is 20.3 Å². The minimum Gasteiger partial charge on any atom is -0.370 e. The van der Waals surface area contributed by atoms with Gasteiger partial charge in [-0.25, -0.2) is 0 Å². The fraction of sp³-hybridized carbons (Fsp3) is 0.875. The van der Waals surface area contributed by atoms with Crippen LogP contribution in [0, 0.1) is 5.92 Å². The molecular weight excluding hydrogens is 138 g/mol. The van der Waals surface area contributed by atoms with Gasteiger partial charge in [0.1, 0.15) is 0 Å². The summed E-state index contributed by atoms with van der Waals surface area (Å²) in [6, 6.07) is 0. The number of nitrogens with two attached hydrogens (primary N) is 1. The molecule has 11 heavy (non-hydrogen) atoms. The quantitative estimate of drug-likeness (QED) is 0.471. The zero-order valence-electron chi connectivity index (χ0n) is 7.72. The summed E-state index contributed by atoms with van der Waals surface area (Å²) in [5, 5.41) is 2.95. The second kappa shape index (κ2) is 6.01. The Balaban J connectivity index is 3.54. The smallest absolute Gasteiger partial charge is 0.188 e. The molecule has 0 saturated heterocycles. The average molecular weight is 157 g/mol. The fourth-order valence-corrected chi connectivity index (χ4v) is 0.620. The van der Waals surface area contributed by atoms with Crippen LogP contribution < -0.4 is 11.1 Å². The van der Waals surface area contributed by atoms with Crippen molar-refractivity contribution in [2.45, 2.75) is 27.2 Å². The number of hydrogen-bond acceptors (Lipinski definition) is 1. The third-order valence-corrected chi connectivity index (χ3v) is 1.63. The van der Waals surface area contributed by atoms with E-state index in [2.05, 4.69) is 24.2 Å². The van der Waals surface area contributed by atoms with Crippen molar-refractivity contribution < 1.29 is 0 Å². The Hall–Kier alpha value is -0.730. The van der Waals surface area contributed by atoms with Crippen molar-refractivity contribution in [2.75, 3.05) is 13.1 Å². The standard InChI is InChI=1S/C8H19N3/c1-4-7(3)6-11-8(9)10-5-2/h7H,4-6H2,1-3H3,(H3,9,10,11)/t7-/m0/s1. The molecule has 0 aromatic rings. The summed E-state index contributed by atoms with van der Waals surface area (Å²) in [4.78, 5) is 4.17. The topological polar surface area (TPSA) is 50.4 Å². The molecule has 0 saturated carbocycles. The highest BCUT2D eigenvalue weighted by Gasteiger charge is 1.95. The van der Waals surface area contributed by atoms with Crippen LogP contribution in [0.3, 0.4) is 0 Å². The molecule has 0 aliphatic carbocycles. The lowest BCUT2D eigenvalue weighted by molar-refractivity contribution is 0.575. The predicted molar refractivity (Wildman–Crippen MR) is 49.6 cm³/mol. The molecule has 3 heteroatoms. The Morgan fingerprint density at radius 3 is 2.64 bits per heavy atom. The van der Waals surface area contributed by atoms with Crippen LogP contribution in [0.5, 0.6) is 0 Å². The van der Waals surface area contributed by atoms with E-state index >= 15 is 0 Å². The predicted octanol–water partition coefficient (Wildman–Crippen LogP) is 0.957. The van der Waals surface area contributed by atoms with Crippen LogP contribution in [0.2, 0.25) is 0 Å². The molecule has 66 valence electrons. The molecule has 0 amide bonds. The SMILES string of the molecule is CCNC(N)=NC[C@@H](C)CC. The Kier molecular flexibility index (Phi) is 5.61. The minimum absolute atomic E-state index is 0.563. The van der Waals surface area contributed by atoms with Gasteiger partial charge in [-0.15, -0.1) is 0 Å². The monoisotopic (exact) mass is 157 g/mol. The van der Waals surface area contributed by atoms with Crippen LogP contribution in [0.4, 0.5) is 0 Å². The van der Waals surface area contributed by atoms with E-state index in [-0.39, 0.29) is 0 Å². The van der Waals surface area contributed by atoms with Crippen LogP contribution >= 0.6 is 0 Å². The van der Waals surface area contributed by atoms with Crippen LogP contribution in [0.25, 0.3) is 0 Å². The van der Waals surface area contributed by atoms with Gasteiger partial charge in [0.15, 0.2) is 5.96 Å². The third kappa shape index (κ3) is 5.70. The molecule has 0 heterocycles. The van der Waals surface area contributed by atoms with Crippen LogP contribution in [0.1, 0.15) is 27.2 Å². The molecule has 0 radical (unpaired) electrons. The maximum absolute atomic E-state index is 5.53. The van der Waals surface area contributed by atoms with Crippen molar-refractivity contribution in [2.24, 2.45) is 16.6 Å². The molecule has 0 fully saturated rings. The first-order chi connectivity index (χ1) is 5.20. The second-order valence-electron chi connectivity index (χ2n) is 2.77. The molecule has 0 unspecified atom stereocenters. The Morgan fingerprint density at radius 1 is 1.55 bits per heavy atom. The zero-order valence-corrected chi connectivity index (χ0v) is 7.72. The number of aliphatic imine (C=N–C) groups is 1. The van der Waals surface area contributed by atoms with Gasteiger partial charge in [-0.05, 0) is 12.8 Å². The lowest BCUT2D eigenvalue weighted by Crippen LogP contribution is -2.31. The maximum atomic E-state index is 5.53. The molecule has 0 rings (SSSR count). The van der Waals surface area contributed by atoms with Crippen molar-refractivity contribution in [3.63, 3.8) is 0 Å². The first kappa shape index (κ1) is 10.3. The number of hydrogen-bond donors (Lipinski definition) is 2. The van der Waals surface area contributed by atoms with Gasteiger partial charge < -0.3 is 11.1 Å². The Morgan fingerprint density at radius 2 is 2.18 bits per heavy atom. The molecule has 1 atom stereocenters. The van der Waals surface area contributed by atoms with Crippen LogP contribution in [0.15, 0.2) is 4.99 Å². The average Bonchev–Trinajstić information content (AvgIpc) is 2.01. The van der Waals surface area contributed by atoms with Crippen molar-refractivity contribution >= 4 is 5.96 Å². The number of rotatable bonds is 4. The van der Waals surface area contributed by atoms with Gasteiger partial charge in [0, 0.05) is 13.1 Å². The summed E-state index contributed by atoms with van der Waals surface area (Å²) >= 11 is 0. The van der Waals surface area contributed by atoms with Gasteiger partial charge in [0.05, 0.1) is 0 Å². The molecule has 0 aromatic heterocycles. The largest absolute Gasteiger partial charge is 0.370 e. The summed E-state index contributed by atoms with van der Waals surface area (Å²) in [6.07, 6.45) is 1.16. The first-order valence-corrected chi connectivity index (χ1v) is 4.24. The van der Waals surface area contributed by atoms with E-state index < -0.39 is 0 Å². The van der Waals surface area contributed by atoms with E-state index in [9.17, 15) is 0 Å². The molecule has 3 nitrogen and oxygen atoms in total. The highest BCUT2D eigenvalue weighted by Crippen LogP contribution is 1.99. The normalized spacial score (nSPS) is 14.6. The molecule has 0 aliphatic heterocycles. The van der Waals surface area contributed by atoms with Crippen molar-refractivity contribution in [1.29, 1.82) is 0 Å². The van der Waals surface area contributed by atoms with Gasteiger partial charge >= 0.3 is 0 Å². The molecule has 0 spiro atoms. The second-order valence-corrected chi connectivity index (χ2v) is 2.77. The number of guanidine groups is 1. The van der Waals surface area contributed by atoms with E-state index in [4.69, 9.17) is 5.73 Å². The van der Waals surface area contributed by atoms with Crippen LogP contribution in [-0.2, 0) is 0 Å². The first-order valence-electron chi connectivity index (χ1n) is 4.24. The van der Waals surface area contributed by atoms with Crippen molar-refractivity contribution in [3.05, 3.63) is 0 Å². The number of nitrogens with zero attached hydrogens (tertiary/aromatic N) is 1. The molecule has 0 bridgehead atoms. The van der Waals surface area contributed by atoms with Gasteiger partial charge in [-0.2, -0.15) is 0 Å². The summed E-state index contributed by atoms with van der Waals surface area (Å²) < 4.78 is 0. The fourth-order valence-electron chi connectivity index (χ4n) is 0.620. The zero-order chi connectivity index (χ0) is 8.69. The van der Waals surface area contributed by atoms with Crippen molar-refractivity contribution in [1.82, 2.24) is 5.32 Å². The highest BCUT2D eigenvalue weighted by molar-refractivity contribution is 5.77.